The van der Waals surface area contributed by atoms with Crippen molar-refractivity contribution in [2.45, 2.75) is 19.4 Å². The Labute approximate surface area is 140 Å². The highest BCUT2D eigenvalue weighted by Gasteiger charge is 2.10. The largest absolute Gasteiger partial charge is 0.496 e. The zero-order valence-electron chi connectivity index (χ0n) is 11.6. The molecule has 21 heavy (non-hydrogen) atoms. The van der Waals surface area contributed by atoms with Gasteiger partial charge in [-0.1, -0.05) is 0 Å². The molecule has 5 nitrogen and oxygen atoms in total. The molecule has 0 saturated carbocycles. The maximum atomic E-state index is 5.74. The molecule has 1 heterocycles. The lowest BCUT2D eigenvalue weighted by Gasteiger charge is -2.10. The van der Waals surface area contributed by atoms with E-state index in [1.807, 2.05) is 13.0 Å². The van der Waals surface area contributed by atoms with Crippen molar-refractivity contribution in [3.05, 3.63) is 39.0 Å². The van der Waals surface area contributed by atoms with Gasteiger partial charge in [-0.05, 0) is 56.8 Å². The molecule has 0 fully saturated rings. The molecule has 0 aliphatic rings. The van der Waals surface area contributed by atoms with E-state index in [1.54, 1.807) is 25.6 Å². The van der Waals surface area contributed by atoms with Crippen LogP contribution < -0.4 is 15.2 Å². The molecular formula is C14H15Br2N3O2. The maximum Gasteiger partial charge on any atom is 0.321 e. The van der Waals surface area contributed by atoms with E-state index >= 15 is 0 Å². The van der Waals surface area contributed by atoms with Gasteiger partial charge in [-0.15, -0.1) is 0 Å². The summed E-state index contributed by atoms with van der Waals surface area (Å²) in [6.45, 7) is 1.94. The molecule has 0 aliphatic carbocycles. The minimum atomic E-state index is 0.0760. The van der Waals surface area contributed by atoms with Crippen LogP contribution in [0.5, 0.6) is 17.5 Å². The summed E-state index contributed by atoms with van der Waals surface area (Å²) < 4.78 is 12.4. The van der Waals surface area contributed by atoms with Crippen molar-refractivity contribution in [1.29, 1.82) is 0 Å². The summed E-state index contributed by atoms with van der Waals surface area (Å²) >= 11 is 6.84. The van der Waals surface area contributed by atoms with Gasteiger partial charge in [-0.25, -0.2) is 9.97 Å². The third-order valence-corrected chi connectivity index (χ3v) is 3.89. The van der Waals surface area contributed by atoms with Crippen LogP contribution in [0, 0.1) is 0 Å². The van der Waals surface area contributed by atoms with Crippen molar-refractivity contribution in [3.63, 3.8) is 0 Å². The molecule has 7 heteroatoms. The summed E-state index contributed by atoms with van der Waals surface area (Å²) in [5, 5.41) is 0. The summed E-state index contributed by atoms with van der Waals surface area (Å²) in [4.78, 5) is 8.37. The second-order valence-corrected chi connectivity index (χ2v) is 6.28. The number of rotatable bonds is 5. The van der Waals surface area contributed by atoms with E-state index in [2.05, 4.69) is 41.8 Å². The minimum Gasteiger partial charge on any atom is -0.496 e. The van der Waals surface area contributed by atoms with Crippen molar-refractivity contribution in [3.8, 4) is 17.5 Å². The van der Waals surface area contributed by atoms with Gasteiger partial charge in [0.15, 0.2) is 0 Å². The van der Waals surface area contributed by atoms with Crippen LogP contribution in [0.3, 0.4) is 0 Å². The van der Waals surface area contributed by atoms with Crippen LogP contribution in [0.25, 0.3) is 0 Å². The van der Waals surface area contributed by atoms with Gasteiger partial charge in [-0.3, -0.25) is 0 Å². The average Bonchev–Trinajstić information content (AvgIpc) is 2.44. The molecule has 0 amide bonds. The van der Waals surface area contributed by atoms with E-state index in [4.69, 9.17) is 15.2 Å². The van der Waals surface area contributed by atoms with E-state index in [0.717, 1.165) is 20.9 Å². The van der Waals surface area contributed by atoms with E-state index < -0.39 is 0 Å². The second-order valence-electron chi connectivity index (χ2n) is 4.57. The van der Waals surface area contributed by atoms with Crippen molar-refractivity contribution in [1.82, 2.24) is 9.97 Å². The summed E-state index contributed by atoms with van der Waals surface area (Å²) in [6.07, 6.45) is 4.17. The van der Waals surface area contributed by atoms with Crippen molar-refractivity contribution in [2.75, 3.05) is 7.11 Å². The van der Waals surface area contributed by atoms with Gasteiger partial charge >= 0.3 is 6.01 Å². The fourth-order valence-electron chi connectivity index (χ4n) is 1.72. The first-order valence-corrected chi connectivity index (χ1v) is 7.85. The molecule has 2 aromatic rings. The second kappa shape index (κ2) is 7.20. The average molecular weight is 417 g/mol. The van der Waals surface area contributed by atoms with Crippen LogP contribution in [0.15, 0.2) is 33.5 Å². The molecule has 1 atom stereocenters. The molecule has 0 bridgehead atoms. The Balaban J connectivity index is 2.16. The summed E-state index contributed by atoms with van der Waals surface area (Å²) in [7, 11) is 1.60. The number of hydrogen-bond donors (Lipinski definition) is 1. The molecule has 0 radical (unpaired) electrons. The van der Waals surface area contributed by atoms with E-state index in [9.17, 15) is 0 Å². The van der Waals surface area contributed by atoms with Crippen molar-refractivity contribution < 1.29 is 9.47 Å². The monoisotopic (exact) mass is 415 g/mol. The number of nitrogens with zero attached hydrogens (tertiary/aromatic N) is 2. The molecule has 1 aromatic carbocycles. The van der Waals surface area contributed by atoms with E-state index in [-0.39, 0.29) is 12.1 Å². The van der Waals surface area contributed by atoms with Crippen LogP contribution >= 0.6 is 31.9 Å². The number of aromatic nitrogens is 2. The predicted molar refractivity (Wildman–Crippen MR) is 87.9 cm³/mol. The first-order chi connectivity index (χ1) is 9.99. The summed E-state index contributed by atoms with van der Waals surface area (Å²) in [5.41, 5.74) is 6.72. The standard InChI is InChI=1S/C14H15Br2N3O2/c1-8(17)3-9-6-18-14(19-7-9)21-13-5-10(15)12(20-2)4-11(13)16/h4-8H,3,17H2,1-2H3. The lowest BCUT2D eigenvalue weighted by molar-refractivity contribution is 0.406. The quantitative estimate of drug-likeness (QED) is 0.804. The van der Waals surface area contributed by atoms with E-state index in [0.29, 0.717) is 11.5 Å². The van der Waals surface area contributed by atoms with Crippen LogP contribution in [-0.2, 0) is 6.42 Å². The van der Waals surface area contributed by atoms with Gasteiger partial charge in [0.25, 0.3) is 0 Å². The Morgan fingerprint density at radius 3 is 2.29 bits per heavy atom. The maximum absolute atomic E-state index is 5.74. The van der Waals surface area contributed by atoms with Crippen LogP contribution in [-0.4, -0.2) is 23.1 Å². The normalized spacial score (nSPS) is 12.0. The third-order valence-electron chi connectivity index (χ3n) is 2.65. The van der Waals surface area contributed by atoms with Crippen molar-refractivity contribution in [2.24, 2.45) is 5.73 Å². The molecule has 1 aromatic heterocycles. The highest BCUT2D eigenvalue weighted by atomic mass is 79.9. The van der Waals surface area contributed by atoms with Gasteiger partial charge in [0, 0.05) is 24.5 Å². The molecule has 0 aliphatic heterocycles. The Morgan fingerprint density at radius 2 is 1.71 bits per heavy atom. The lowest BCUT2D eigenvalue weighted by Crippen LogP contribution is -2.17. The first-order valence-electron chi connectivity index (χ1n) is 6.27. The Hall–Kier alpha value is -1.18. The SMILES string of the molecule is COc1cc(Br)c(Oc2ncc(CC(C)N)cn2)cc1Br. The third kappa shape index (κ3) is 4.39. The zero-order valence-corrected chi connectivity index (χ0v) is 14.8. The molecule has 1 unspecified atom stereocenters. The van der Waals surface area contributed by atoms with Gasteiger partial charge in [0.1, 0.15) is 11.5 Å². The van der Waals surface area contributed by atoms with Gasteiger partial charge in [0.05, 0.1) is 16.1 Å². The summed E-state index contributed by atoms with van der Waals surface area (Å²) in [5.74, 6) is 1.31. The fourth-order valence-corrected chi connectivity index (χ4v) is 2.60. The fraction of sp³-hybridized carbons (Fsp3) is 0.286. The lowest BCUT2D eigenvalue weighted by atomic mass is 10.1. The highest BCUT2D eigenvalue weighted by Crippen LogP contribution is 2.37. The number of nitrogens with two attached hydrogens (primary N) is 1. The number of benzene rings is 1. The Morgan fingerprint density at radius 1 is 1.14 bits per heavy atom. The van der Waals surface area contributed by atoms with Crippen LogP contribution in [0.2, 0.25) is 0 Å². The molecule has 2 rings (SSSR count). The molecule has 0 saturated heterocycles. The Kier molecular flexibility index (Phi) is 5.55. The number of methoxy groups -OCH3 is 1. The molecular weight excluding hydrogens is 402 g/mol. The molecule has 0 spiro atoms. The van der Waals surface area contributed by atoms with E-state index in [1.165, 1.54) is 0 Å². The number of halogens is 2. The smallest absolute Gasteiger partial charge is 0.321 e. The predicted octanol–water partition coefficient (Wildman–Crippen LogP) is 3.69. The first kappa shape index (κ1) is 16.2. The number of ether oxygens (including phenoxy) is 2. The zero-order chi connectivity index (χ0) is 15.4. The Bertz CT molecular complexity index is 618. The van der Waals surface area contributed by atoms with Crippen LogP contribution in [0.4, 0.5) is 0 Å². The number of hydrogen-bond acceptors (Lipinski definition) is 5. The van der Waals surface area contributed by atoms with Crippen molar-refractivity contribution >= 4 is 31.9 Å². The topological polar surface area (TPSA) is 70.3 Å². The van der Waals surface area contributed by atoms with Gasteiger partial charge < -0.3 is 15.2 Å². The van der Waals surface area contributed by atoms with Gasteiger partial charge in [0.2, 0.25) is 0 Å². The molecule has 112 valence electrons. The summed E-state index contributed by atoms with van der Waals surface area (Å²) in [6, 6.07) is 3.96. The molecule has 2 N–H and O–H groups in total. The van der Waals surface area contributed by atoms with Crippen LogP contribution in [0.1, 0.15) is 12.5 Å². The van der Waals surface area contributed by atoms with Gasteiger partial charge in [-0.2, -0.15) is 0 Å². The highest BCUT2D eigenvalue weighted by molar-refractivity contribution is 9.11. The minimum absolute atomic E-state index is 0.0760.